The van der Waals surface area contributed by atoms with Gasteiger partial charge in [0.25, 0.3) is 0 Å². The zero-order valence-corrected chi connectivity index (χ0v) is 29.7. The van der Waals surface area contributed by atoms with E-state index < -0.39 is 54.0 Å². The van der Waals surface area contributed by atoms with Gasteiger partial charge in [-0.1, -0.05) is 45.1 Å². The third kappa shape index (κ3) is 6.51. The Morgan fingerprint density at radius 3 is 2.26 bits per heavy atom. The highest BCUT2D eigenvalue weighted by Gasteiger charge is 2.70. The van der Waals surface area contributed by atoms with Crippen LogP contribution in [0.1, 0.15) is 107 Å². The fourth-order valence-electron chi connectivity index (χ4n) is 10.6. The van der Waals surface area contributed by atoms with Crippen LogP contribution in [0.5, 0.6) is 0 Å². The minimum Gasteiger partial charge on any atom is -0.481 e. The number of allylic oxidation sites excluding steroid dienone is 1. The van der Waals surface area contributed by atoms with Crippen molar-refractivity contribution in [3.8, 4) is 0 Å². The number of carbonyl (C=O) groups is 1. The Labute approximate surface area is 276 Å². The summed E-state index contributed by atoms with van der Waals surface area (Å²) in [6, 6.07) is 0. The average molecular weight is 651 g/mol. The molecule has 4 rings (SSSR count). The number of aliphatic hydroxyl groups excluding tert-OH is 3. The lowest BCUT2D eigenvalue weighted by atomic mass is 9.37. The molecular formula is C37H62O9. The lowest BCUT2D eigenvalue weighted by Gasteiger charge is -2.68. The van der Waals surface area contributed by atoms with Gasteiger partial charge in [-0.15, -0.1) is 0 Å². The summed E-state index contributed by atoms with van der Waals surface area (Å²) in [6.45, 7) is 20.8. The zero-order valence-electron chi connectivity index (χ0n) is 29.7. The van der Waals surface area contributed by atoms with Crippen LogP contribution < -0.4 is 0 Å². The number of rotatable bonds is 11. The van der Waals surface area contributed by atoms with Crippen molar-refractivity contribution in [2.45, 2.75) is 155 Å². The number of hydrogen-bond donors (Lipinski definition) is 5. The highest BCUT2D eigenvalue weighted by Crippen LogP contribution is 2.74. The van der Waals surface area contributed by atoms with Crippen molar-refractivity contribution in [3.63, 3.8) is 0 Å². The molecule has 1 heterocycles. The van der Waals surface area contributed by atoms with Gasteiger partial charge in [-0.05, 0) is 119 Å². The molecule has 1 aliphatic heterocycles. The van der Waals surface area contributed by atoms with Gasteiger partial charge in [0.2, 0.25) is 0 Å². The van der Waals surface area contributed by atoms with E-state index in [9.17, 15) is 30.3 Å². The van der Waals surface area contributed by atoms with Crippen LogP contribution in [0.3, 0.4) is 0 Å². The van der Waals surface area contributed by atoms with Crippen LogP contribution in [0.2, 0.25) is 0 Å². The summed E-state index contributed by atoms with van der Waals surface area (Å²) >= 11 is 0. The Morgan fingerprint density at radius 1 is 1.04 bits per heavy atom. The van der Waals surface area contributed by atoms with Gasteiger partial charge in [-0.25, -0.2) is 0 Å². The minimum absolute atomic E-state index is 0.0616. The van der Waals surface area contributed by atoms with E-state index in [-0.39, 0.29) is 46.3 Å². The molecule has 0 bridgehead atoms. The van der Waals surface area contributed by atoms with Gasteiger partial charge < -0.3 is 39.7 Å². The highest BCUT2D eigenvalue weighted by atomic mass is 16.7. The maximum atomic E-state index is 12.2. The summed E-state index contributed by atoms with van der Waals surface area (Å²) in [5, 5.41) is 54.1. The summed E-state index contributed by atoms with van der Waals surface area (Å²) in [5.74, 6) is -0.834. The standard InChI is InChI=1S/C37H62O9/c1-21(2)23-12-18-35(7)26(34(23,6)17-14-27(38)39)20-25(46-32-31(42)30(41)29(40)22(3)45-32)28-24(13-19-36(28,35)8)37(9,43)16-11-15-33(4,5)44-10/h11,15,22-26,28-32,40-43H,1,12-14,16-20H2,2-10H3,(H,38,39). The second-order valence-electron chi connectivity index (χ2n) is 16.8. The Morgan fingerprint density at radius 2 is 1.67 bits per heavy atom. The van der Waals surface area contributed by atoms with Crippen molar-refractivity contribution in [3.05, 3.63) is 24.3 Å². The average Bonchev–Trinajstić information content (AvgIpc) is 3.35. The minimum atomic E-state index is -1.45. The maximum absolute atomic E-state index is 12.2. The van der Waals surface area contributed by atoms with E-state index in [1.807, 2.05) is 32.9 Å². The molecule has 46 heavy (non-hydrogen) atoms. The van der Waals surface area contributed by atoms with E-state index in [1.54, 1.807) is 14.0 Å². The van der Waals surface area contributed by atoms with Crippen LogP contribution in [0.15, 0.2) is 24.3 Å². The van der Waals surface area contributed by atoms with Crippen LogP contribution >= 0.6 is 0 Å². The van der Waals surface area contributed by atoms with Gasteiger partial charge in [0, 0.05) is 13.5 Å². The number of fused-ring (bicyclic) bond motifs is 3. The number of aliphatic carboxylic acids is 1. The Kier molecular flexibility index (Phi) is 10.7. The summed E-state index contributed by atoms with van der Waals surface area (Å²) in [4.78, 5) is 11.9. The van der Waals surface area contributed by atoms with Gasteiger partial charge in [-0.3, -0.25) is 4.79 Å². The van der Waals surface area contributed by atoms with Crippen molar-refractivity contribution in [2.24, 2.45) is 39.9 Å². The second-order valence-corrected chi connectivity index (χ2v) is 16.8. The fourth-order valence-corrected chi connectivity index (χ4v) is 10.6. The van der Waals surface area contributed by atoms with E-state index in [1.165, 1.54) is 0 Å². The van der Waals surface area contributed by atoms with Gasteiger partial charge >= 0.3 is 5.97 Å². The molecule has 3 aliphatic carbocycles. The van der Waals surface area contributed by atoms with Gasteiger partial charge in [0.1, 0.15) is 18.3 Å². The summed E-state index contributed by atoms with van der Waals surface area (Å²) in [7, 11) is 1.66. The van der Waals surface area contributed by atoms with Gasteiger partial charge in [0.05, 0.1) is 23.4 Å². The Hall–Kier alpha value is -1.33. The molecule has 1 saturated heterocycles. The van der Waals surface area contributed by atoms with Gasteiger partial charge in [-0.2, -0.15) is 0 Å². The first-order chi connectivity index (χ1) is 21.1. The number of ether oxygens (including phenoxy) is 3. The molecule has 0 radical (unpaired) electrons. The monoisotopic (exact) mass is 650 g/mol. The molecule has 5 N–H and O–H groups in total. The zero-order chi connectivity index (χ0) is 34.6. The predicted octanol–water partition coefficient (Wildman–Crippen LogP) is 5.24. The van der Waals surface area contributed by atoms with E-state index >= 15 is 0 Å². The van der Waals surface area contributed by atoms with Crippen LogP contribution in [-0.4, -0.2) is 86.6 Å². The van der Waals surface area contributed by atoms with Gasteiger partial charge in [0.15, 0.2) is 6.29 Å². The summed E-state index contributed by atoms with van der Waals surface area (Å²) in [6.07, 6.45) is 2.65. The van der Waals surface area contributed by atoms with E-state index in [0.29, 0.717) is 19.3 Å². The third-order valence-electron chi connectivity index (χ3n) is 13.6. The molecule has 3 saturated carbocycles. The number of carboxylic acids is 1. The number of aliphatic hydroxyl groups is 4. The quantitative estimate of drug-likeness (QED) is 0.150. The first kappa shape index (κ1) is 37.5. The molecular weight excluding hydrogens is 588 g/mol. The second kappa shape index (κ2) is 13.2. The van der Waals surface area contributed by atoms with Crippen molar-refractivity contribution in [1.29, 1.82) is 0 Å². The third-order valence-corrected chi connectivity index (χ3v) is 13.6. The molecule has 0 aromatic heterocycles. The molecule has 0 aromatic rings. The van der Waals surface area contributed by atoms with E-state index in [4.69, 9.17) is 14.2 Å². The van der Waals surface area contributed by atoms with Crippen LogP contribution in [-0.2, 0) is 19.0 Å². The fraction of sp³-hybridized carbons (Fsp3) is 0.865. The van der Waals surface area contributed by atoms with Crippen molar-refractivity contribution < 1.29 is 44.5 Å². The lowest BCUT2D eigenvalue weighted by Crippen LogP contribution is -2.65. The molecule has 14 unspecified atom stereocenters. The largest absolute Gasteiger partial charge is 0.481 e. The molecule has 264 valence electrons. The van der Waals surface area contributed by atoms with Crippen LogP contribution in [0, 0.1) is 39.9 Å². The summed E-state index contributed by atoms with van der Waals surface area (Å²) < 4.78 is 18.3. The maximum Gasteiger partial charge on any atom is 0.303 e. The number of hydrogen-bond acceptors (Lipinski definition) is 8. The van der Waals surface area contributed by atoms with Crippen molar-refractivity contribution in [2.75, 3.05) is 7.11 Å². The first-order valence-corrected chi connectivity index (χ1v) is 17.3. The molecule has 0 spiro atoms. The molecule has 4 aliphatic rings. The SMILES string of the molecule is C=C(C)C1CCC2(C)C(CC(OC3OC(C)C(O)C(O)C3O)C3C(C(C)(O)CC=CC(C)(C)OC)CCC32C)C1(C)CCC(=O)O. The normalized spacial score (nSPS) is 46.0. The Bertz CT molecular complexity index is 1150. The predicted molar refractivity (Wildman–Crippen MR) is 176 cm³/mol. The Balaban J connectivity index is 1.80. The number of methoxy groups -OCH3 is 1. The molecule has 0 aromatic carbocycles. The molecule has 9 heteroatoms. The topological polar surface area (TPSA) is 146 Å². The van der Waals surface area contributed by atoms with Crippen LogP contribution in [0.4, 0.5) is 0 Å². The van der Waals surface area contributed by atoms with Crippen LogP contribution in [0.25, 0.3) is 0 Å². The highest BCUT2D eigenvalue weighted by molar-refractivity contribution is 5.66. The van der Waals surface area contributed by atoms with E-state index in [2.05, 4.69) is 34.3 Å². The number of carboxylic acid groups (broad SMARTS) is 1. The lowest BCUT2D eigenvalue weighted by molar-refractivity contribution is -0.327. The smallest absolute Gasteiger partial charge is 0.303 e. The molecule has 9 nitrogen and oxygen atoms in total. The first-order valence-electron chi connectivity index (χ1n) is 17.3. The molecule has 14 atom stereocenters. The van der Waals surface area contributed by atoms with Crippen molar-refractivity contribution in [1.82, 2.24) is 0 Å². The van der Waals surface area contributed by atoms with E-state index in [0.717, 1.165) is 31.3 Å². The summed E-state index contributed by atoms with van der Waals surface area (Å²) in [5.41, 5.74) is -1.28. The van der Waals surface area contributed by atoms with Crippen molar-refractivity contribution >= 4 is 5.97 Å². The molecule has 0 amide bonds. The molecule has 4 fully saturated rings.